The Hall–Kier alpha value is -2.48. The van der Waals surface area contributed by atoms with E-state index in [9.17, 15) is 8.78 Å². The van der Waals surface area contributed by atoms with Crippen LogP contribution in [0.2, 0.25) is 5.02 Å². The number of halogens is 3. The average Bonchev–Trinajstić information content (AvgIpc) is 3.04. The lowest BCUT2D eigenvalue weighted by Crippen LogP contribution is -2.19. The van der Waals surface area contributed by atoms with E-state index in [-0.39, 0.29) is 11.8 Å². The van der Waals surface area contributed by atoms with Crippen LogP contribution in [0.4, 0.5) is 14.6 Å². The zero-order valence-electron chi connectivity index (χ0n) is 14.5. The molecule has 9 heteroatoms. The van der Waals surface area contributed by atoms with E-state index in [1.54, 1.807) is 12.1 Å². The van der Waals surface area contributed by atoms with E-state index in [0.29, 0.717) is 30.0 Å². The molecule has 6 nitrogen and oxygen atoms in total. The monoisotopic (exact) mass is 381 g/mol. The summed E-state index contributed by atoms with van der Waals surface area (Å²) in [5, 5.41) is 7.92. The smallest absolute Gasteiger partial charge is 0.394 e. The number of nitrogens with one attached hydrogen (secondary N) is 1. The molecule has 1 atom stereocenters. The number of rotatable bonds is 6. The Morgan fingerprint density at radius 1 is 1.31 bits per heavy atom. The predicted molar refractivity (Wildman–Crippen MR) is 94.9 cm³/mol. The van der Waals surface area contributed by atoms with Crippen LogP contribution in [0.25, 0.3) is 5.78 Å². The molecule has 0 saturated carbocycles. The molecule has 0 unspecified atom stereocenters. The topological polar surface area (TPSA) is 64.3 Å². The number of nitrogens with zero attached hydrogens (tertiary/aromatic N) is 4. The number of alkyl halides is 2. The van der Waals surface area contributed by atoms with Gasteiger partial charge >= 0.3 is 6.11 Å². The Balaban J connectivity index is 1.86. The first-order valence-electron chi connectivity index (χ1n) is 8.10. The van der Waals surface area contributed by atoms with Crippen LogP contribution in [-0.4, -0.2) is 25.7 Å². The summed E-state index contributed by atoms with van der Waals surface area (Å²) in [5.74, 6) is 1.14. The van der Waals surface area contributed by atoms with Crippen molar-refractivity contribution < 1.29 is 13.5 Å². The Kier molecular flexibility index (Phi) is 4.95. The Morgan fingerprint density at radius 2 is 2.00 bits per heavy atom. The van der Waals surface area contributed by atoms with E-state index in [4.69, 9.17) is 11.6 Å². The quantitative estimate of drug-likeness (QED) is 0.680. The van der Waals surface area contributed by atoms with Crippen molar-refractivity contribution in [2.75, 3.05) is 5.32 Å². The van der Waals surface area contributed by atoms with Crippen LogP contribution < -0.4 is 10.1 Å². The second-order valence-corrected chi connectivity index (χ2v) is 6.27. The largest absolute Gasteiger partial charge is 0.433 e. The van der Waals surface area contributed by atoms with Gasteiger partial charge in [0.1, 0.15) is 17.1 Å². The molecule has 0 fully saturated rings. The predicted octanol–water partition coefficient (Wildman–Crippen LogP) is 4.50. The fourth-order valence-corrected chi connectivity index (χ4v) is 2.86. The van der Waals surface area contributed by atoms with Gasteiger partial charge in [0.2, 0.25) is 0 Å². The van der Waals surface area contributed by atoms with Crippen LogP contribution in [0.1, 0.15) is 38.1 Å². The minimum absolute atomic E-state index is 0.0994. The van der Waals surface area contributed by atoms with Gasteiger partial charge in [-0.3, -0.25) is 0 Å². The number of benzene rings is 1. The lowest BCUT2D eigenvalue weighted by Gasteiger charge is -2.19. The average molecular weight is 382 g/mol. The van der Waals surface area contributed by atoms with Gasteiger partial charge in [-0.1, -0.05) is 30.7 Å². The first-order chi connectivity index (χ1) is 12.3. The van der Waals surface area contributed by atoms with Crippen molar-refractivity contribution in [1.29, 1.82) is 0 Å². The molecule has 0 amide bonds. The van der Waals surface area contributed by atoms with Gasteiger partial charge in [0, 0.05) is 13.0 Å². The van der Waals surface area contributed by atoms with Crippen molar-refractivity contribution in [3.8, 4) is 5.75 Å². The molecule has 138 valence electrons. The number of hydrogen-bond acceptors (Lipinski definition) is 5. The molecule has 2 aromatic heterocycles. The summed E-state index contributed by atoms with van der Waals surface area (Å²) in [6, 6.07) is 6.27. The van der Waals surface area contributed by atoms with Crippen LogP contribution in [-0.2, 0) is 6.42 Å². The maximum Gasteiger partial charge on any atom is 0.394 e. The highest BCUT2D eigenvalue weighted by Crippen LogP contribution is 2.30. The number of hydrogen-bond donors (Lipinski definition) is 1. The molecule has 2 heterocycles. The van der Waals surface area contributed by atoms with E-state index in [0.717, 1.165) is 11.3 Å². The SMILES string of the molecule is CCc1nc2ncnn2c(N[C@@H](C)c2ccc(OC(C)(F)F)cc2)c1Cl. The van der Waals surface area contributed by atoms with E-state index in [1.165, 1.54) is 23.0 Å². The lowest BCUT2D eigenvalue weighted by molar-refractivity contribution is -0.158. The molecule has 1 N–H and O–H groups in total. The van der Waals surface area contributed by atoms with Crippen LogP contribution in [0.3, 0.4) is 0 Å². The van der Waals surface area contributed by atoms with Crippen molar-refractivity contribution in [3.05, 3.63) is 46.9 Å². The van der Waals surface area contributed by atoms with Crippen LogP contribution in [0.15, 0.2) is 30.6 Å². The van der Waals surface area contributed by atoms with Gasteiger partial charge in [-0.2, -0.15) is 23.4 Å². The summed E-state index contributed by atoms with van der Waals surface area (Å²) in [6.45, 7) is 4.58. The maximum atomic E-state index is 12.9. The third-order valence-electron chi connectivity index (χ3n) is 3.80. The van der Waals surface area contributed by atoms with Gasteiger partial charge in [-0.25, -0.2) is 4.98 Å². The van der Waals surface area contributed by atoms with Gasteiger partial charge < -0.3 is 10.1 Å². The maximum absolute atomic E-state index is 12.9. The molecule has 0 aliphatic heterocycles. The van der Waals surface area contributed by atoms with E-state index in [1.807, 2.05) is 13.8 Å². The van der Waals surface area contributed by atoms with Gasteiger partial charge in [-0.05, 0) is 31.0 Å². The van der Waals surface area contributed by atoms with Crippen molar-refractivity contribution in [2.45, 2.75) is 39.3 Å². The molecule has 0 aliphatic carbocycles. The molecular formula is C17H18ClF2N5O. The van der Waals surface area contributed by atoms with Crippen molar-refractivity contribution in [1.82, 2.24) is 19.6 Å². The van der Waals surface area contributed by atoms with E-state index >= 15 is 0 Å². The third-order valence-corrected chi connectivity index (χ3v) is 4.20. The first-order valence-corrected chi connectivity index (χ1v) is 8.47. The Bertz CT molecular complexity index is 908. The van der Waals surface area contributed by atoms with Crippen molar-refractivity contribution in [2.24, 2.45) is 0 Å². The second kappa shape index (κ2) is 7.03. The highest BCUT2D eigenvalue weighted by Gasteiger charge is 2.23. The summed E-state index contributed by atoms with van der Waals surface area (Å²) in [4.78, 5) is 8.48. The molecular weight excluding hydrogens is 364 g/mol. The number of aromatic nitrogens is 4. The zero-order chi connectivity index (χ0) is 18.9. The fourth-order valence-electron chi connectivity index (χ4n) is 2.55. The first kappa shape index (κ1) is 18.3. The summed E-state index contributed by atoms with van der Waals surface area (Å²) >= 11 is 6.46. The molecule has 0 bridgehead atoms. The molecule has 0 aliphatic rings. The highest BCUT2D eigenvalue weighted by atomic mass is 35.5. The summed E-state index contributed by atoms with van der Waals surface area (Å²) in [6.07, 6.45) is -1.15. The van der Waals surface area contributed by atoms with Crippen molar-refractivity contribution in [3.63, 3.8) is 0 Å². The molecule has 0 radical (unpaired) electrons. The van der Waals surface area contributed by atoms with Crippen LogP contribution >= 0.6 is 11.6 Å². The van der Waals surface area contributed by atoms with Gasteiger partial charge in [0.15, 0.2) is 5.82 Å². The summed E-state index contributed by atoms with van der Waals surface area (Å²) < 4.78 is 31.9. The van der Waals surface area contributed by atoms with E-state index < -0.39 is 6.11 Å². The molecule has 3 rings (SSSR count). The molecule has 3 aromatic rings. The molecule has 1 aromatic carbocycles. The molecule has 0 spiro atoms. The fraction of sp³-hybridized carbons (Fsp3) is 0.353. The lowest BCUT2D eigenvalue weighted by atomic mass is 10.1. The van der Waals surface area contributed by atoms with Gasteiger partial charge in [0.25, 0.3) is 5.78 Å². The number of fused-ring (bicyclic) bond motifs is 1. The van der Waals surface area contributed by atoms with Crippen LogP contribution in [0, 0.1) is 0 Å². The minimum Gasteiger partial charge on any atom is -0.433 e. The number of aryl methyl sites for hydroxylation is 1. The van der Waals surface area contributed by atoms with E-state index in [2.05, 4.69) is 25.1 Å². The Morgan fingerprint density at radius 3 is 2.62 bits per heavy atom. The van der Waals surface area contributed by atoms with Crippen LogP contribution in [0.5, 0.6) is 5.75 Å². The van der Waals surface area contributed by atoms with Gasteiger partial charge in [-0.15, -0.1) is 0 Å². The third kappa shape index (κ3) is 3.85. The standard InChI is InChI=1S/C17H18ClF2N5O/c1-4-13-14(18)15(25-16(24-13)21-9-22-25)23-10(2)11-5-7-12(8-6-11)26-17(3,19)20/h5-10,23H,4H2,1-3H3/t10-/m0/s1. The number of ether oxygens (including phenoxy) is 1. The normalized spacial score (nSPS) is 13.0. The molecule has 0 saturated heterocycles. The Labute approximate surface area is 154 Å². The van der Waals surface area contributed by atoms with Gasteiger partial charge in [0.05, 0.1) is 5.69 Å². The minimum atomic E-state index is -3.22. The molecule has 26 heavy (non-hydrogen) atoms. The summed E-state index contributed by atoms with van der Waals surface area (Å²) in [7, 11) is 0. The second-order valence-electron chi connectivity index (χ2n) is 5.89. The number of anilines is 1. The highest BCUT2D eigenvalue weighted by molar-refractivity contribution is 6.33. The zero-order valence-corrected chi connectivity index (χ0v) is 15.3. The van der Waals surface area contributed by atoms with Crippen molar-refractivity contribution >= 4 is 23.2 Å². The summed E-state index contributed by atoms with van der Waals surface area (Å²) in [5.41, 5.74) is 1.59.